The normalized spacial score (nSPS) is 14.6. The molecule has 0 radical (unpaired) electrons. The summed E-state index contributed by atoms with van der Waals surface area (Å²) in [6, 6.07) is 10.3. The predicted octanol–water partition coefficient (Wildman–Crippen LogP) is 3.57. The Hall–Kier alpha value is -2.64. The van der Waals surface area contributed by atoms with E-state index < -0.39 is 17.9 Å². The van der Waals surface area contributed by atoms with Crippen molar-refractivity contribution in [2.24, 2.45) is 0 Å². The molecule has 1 aliphatic rings. The van der Waals surface area contributed by atoms with Crippen molar-refractivity contribution in [3.05, 3.63) is 68.3 Å². The average Bonchev–Trinajstić information content (AvgIpc) is 3.48. The fourth-order valence-electron chi connectivity index (χ4n) is 3.31. The molecular formula is C21H19ClN2O4S. The van der Waals surface area contributed by atoms with Crippen LogP contribution in [0, 0.1) is 0 Å². The molecule has 0 saturated heterocycles. The van der Waals surface area contributed by atoms with Crippen molar-refractivity contribution in [1.29, 1.82) is 0 Å². The van der Waals surface area contributed by atoms with E-state index in [4.69, 9.17) is 16.3 Å². The van der Waals surface area contributed by atoms with Crippen LogP contribution in [0.4, 0.5) is 0 Å². The maximum atomic E-state index is 13.0. The van der Waals surface area contributed by atoms with Gasteiger partial charge in [-0.1, -0.05) is 41.9 Å². The molecule has 1 amide bonds. The number of pyridine rings is 1. The number of nitrogens with one attached hydrogen (secondary N) is 1. The molecule has 1 aliphatic carbocycles. The summed E-state index contributed by atoms with van der Waals surface area (Å²) in [6.45, 7) is 0. The number of halogens is 1. The zero-order valence-electron chi connectivity index (χ0n) is 15.7. The lowest BCUT2D eigenvalue weighted by Gasteiger charge is -2.17. The number of ether oxygens (including phenoxy) is 1. The van der Waals surface area contributed by atoms with Crippen LogP contribution in [0.1, 0.15) is 34.8 Å². The number of methoxy groups -OCH3 is 1. The number of hydrogen-bond donors (Lipinski definition) is 1. The molecule has 0 spiro atoms. The van der Waals surface area contributed by atoms with Crippen molar-refractivity contribution in [2.45, 2.75) is 31.3 Å². The number of hydrogen-bond acceptors (Lipinski definition) is 5. The zero-order chi connectivity index (χ0) is 20.5. The van der Waals surface area contributed by atoms with E-state index in [1.165, 1.54) is 18.4 Å². The Morgan fingerprint density at radius 1 is 1.31 bits per heavy atom. The van der Waals surface area contributed by atoms with Gasteiger partial charge in [-0.05, 0) is 24.5 Å². The van der Waals surface area contributed by atoms with E-state index in [0.29, 0.717) is 9.72 Å². The number of amides is 1. The fourth-order valence-corrected chi connectivity index (χ4v) is 4.57. The van der Waals surface area contributed by atoms with E-state index in [-0.39, 0.29) is 23.5 Å². The van der Waals surface area contributed by atoms with Crippen LogP contribution in [0.25, 0.3) is 10.2 Å². The van der Waals surface area contributed by atoms with E-state index >= 15 is 0 Å². The van der Waals surface area contributed by atoms with Crippen LogP contribution >= 0.6 is 22.9 Å². The summed E-state index contributed by atoms with van der Waals surface area (Å²) < 4.78 is 7.30. The van der Waals surface area contributed by atoms with E-state index in [1.807, 2.05) is 34.9 Å². The molecule has 1 N–H and O–H groups in total. The summed E-state index contributed by atoms with van der Waals surface area (Å²) in [5, 5.41) is 3.10. The van der Waals surface area contributed by atoms with Crippen molar-refractivity contribution in [3.8, 4) is 0 Å². The number of nitrogens with zero attached hydrogens (tertiary/aromatic N) is 1. The maximum Gasteiger partial charge on any atom is 0.328 e. The van der Waals surface area contributed by atoms with Crippen LogP contribution in [-0.2, 0) is 16.0 Å². The molecule has 0 aliphatic heterocycles. The topological polar surface area (TPSA) is 77.4 Å². The van der Waals surface area contributed by atoms with E-state index in [2.05, 4.69) is 5.32 Å². The Balaban J connectivity index is 1.67. The summed E-state index contributed by atoms with van der Waals surface area (Å²) in [4.78, 5) is 38.9. The third-order valence-corrected chi connectivity index (χ3v) is 6.21. The quantitative estimate of drug-likeness (QED) is 0.606. The van der Waals surface area contributed by atoms with Gasteiger partial charge in [0.05, 0.1) is 16.8 Å². The van der Waals surface area contributed by atoms with E-state index in [9.17, 15) is 14.4 Å². The molecule has 6 nitrogen and oxygen atoms in total. The molecule has 1 fully saturated rings. The van der Waals surface area contributed by atoms with Crippen molar-refractivity contribution in [3.63, 3.8) is 0 Å². The number of carbonyl (C=O) groups excluding carboxylic acids is 2. The van der Waals surface area contributed by atoms with Crippen molar-refractivity contribution >= 4 is 45.0 Å². The lowest BCUT2D eigenvalue weighted by atomic mass is 10.1. The van der Waals surface area contributed by atoms with Crippen molar-refractivity contribution in [1.82, 2.24) is 9.88 Å². The molecule has 1 saturated carbocycles. The highest BCUT2D eigenvalue weighted by atomic mass is 35.5. The molecule has 0 bridgehead atoms. The third-order valence-electron chi connectivity index (χ3n) is 4.93. The Morgan fingerprint density at radius 3 is 2.69 bits per heavy atom. The molecule has 3 aromatic rings. The minimum Gasteiger partial charge on any atom is -0.467 e. The van der Waals surface area contributed by atoms with Gasteiger partial charge >= 0.3 is 5.97 Å². The van der Waals surface area contributed by atoms with Crippen LogP contribution in [0.5, 0.6) is 0 Å². The third kappa shape index (κ3) is 4.06. The van der Waals surface area contributed by atoms with Gasteiger partial charge in [-0.15, -0.1) is 11.3 Å². The molecule has 29 heavy (non-hydrogen) atoms. The van der Waals surface area contributed by atoms with Gasteiger partial charge in [0, 0.05) is 18.7 Å². The minimum atomic E-state index is -0.898. The van der Waals surface area contributed by atoms with Crippen LogP contribution in [0.3, 0.4) is 0 Å². The van der Waals surface area contributed by atoms with Gasteiger partial charge in [0.1, 0.15) is 16.4 Å². The highest BCUT2D eigenvalue weighted by Crippen LogP contribution is 2.39. The van der Waals surface area contributed by atoms with Gasteiger partial charge < -0.3 is 14.6 Å². The first-order valence-electron chi connectivity index (χ1n) is 9.24. The SMILES string of the molecule is COC(=O)C(Cc1ccccc1)NC(=O)c1cn(C2CC2)c2sc(Cl)cc2c1=O. The number of fused-ring (bicyclic) bond motifs is 1. The largest absolute Gasteiger partial charge is 0.467 e. The molecule has 2 heterocycles. The van der Waals surface area contributed by atoms with Crippen molar-refractivity contribution in [2.75, 3.05) is 7.11 Å². The number of benzene rings is 1. The lowest BCUT2D eigenvalue weighted by molar-refractivity contribution is -0.142. The van der Waals surface area contributed by atoms with Crippen molar-refractivity contribution < 1.29 is 14.3 Å². The Labute approximate surface area is 176 Å². The summed E-state index contributed by atoms with van der Waals surface area (Å²) in [7, 11) is 1.27. The Kier molecular flexibility index (Phi) is 5.43. The number of aromatic nitrogens is 1. The second kappa shape index (κ2) is 8.00. The molecule has 4 rings (SSSR count). The fraction of sp³-hybridized carbons (Fsp3) is 0.286. The summed E-state index contributed by atoms with van der Waals surface area (Å²) >= 11 is 7.45. The van der Waals surface area contributed by atoms with Gasteiger partial charge in [-0.2, -0.15) is 0 Å². The van der Waals surface area contributed by atoms with Gasteiger partial charge in [0.2, 0.25) is 5.43 Å². The van der Waals surface area contributed by atoms with Gasteiger partial charge in [0.25, 0.3) is 5.91 Å². The number of thiophene rings is 1. The van der Waals surface area contributed by atoms with Crippen LogP contribution in [0.15, 0.2) is 47.4 Å². The van der Waals surface area contributed by atoms with Crippen LogP contribution < -0.4 is 10.7 Å². The molecular weight excluding hydrogens is 412 g/mol. The molecule has 8 heteroatoms. The number of carbonyl (C=O) groups is 2. The second-order valence-corrected chi connectivity index (χ2v) is 8.68. The highest BCUT2D eigenvalue weighted by molar-refractivity contribution is 7.22. The first-order chi connectivity index (χ1) is 14.0. The monoisotopic (exact) mass is 430 g/mol. The van der Waals surface area contributed by atoms with E-state index in [0.717, 1.165) is 23.2 Å². The number of rotatable bonds is 6. The number of esters is 1. The van der Waals surface area contributed by atoms with Gasteiger partial charge in [-0.25, -0.2) is 4.79 Å². The maximum absolute atomic E-state index is 13.0. The predicted molar refractivity (Wildman–Crippen MR) is 113 cm³/mol. The minimum absolute atomic E-state index is 0.000770. The molecule has 150 valence electrons. The summed E-state index contributed by atoms with van der Waals surface area (Å²) in [5.74, 6) is -1.16. The Bertz CT molecular complexity index is 1130. The van der Waals surface area contributed by atoms with Gasteiger partial charge in [-0.3, -0.25) is 9.59 Å². The Morgan fingerprint density at radius 2 is 2.03 bits per heavy atom. The zero-order valence-corrected chi connectivity index (χ0v) is 17.3. The average molecular weight is 431 g/mol. The smallest absolute Gasteiger partial charge is 0.328 e. The van der Waals surface area contributed by atoms with Crippen LogP contribution in [-0.4, -0.2) is 29.6 Å². The molecule has 2 aromatic heterocycles. The summed E-state index contributed by atoms with van der Waals surface area (Å²) in [6.07, 6.45) is 3.84. The van der Waals surface area contributed by atoms with E-state index in [1.54, 1.807) is 12.3 Å². The molecule has 1 aromatic carbocycles. The summed E-state index contributed by atoms with van der Waals surface area (Å²) in [5.41, 5.74) is 0.486. The van der Waals surface area contributed by atoms with Gasteiger partial charge in [0.15, 0.2) is 0 Å². The standard InChI is InChI=1S/C21H19ClN2O4S/c1-28-21(27)16(9-12-5-3-2-4-6-12)23-19(26)15-11-24(13-7-8-13)20-14(18(15)25)10-17(22)29-20/h2-6,10-11,13,16H,7-9H2,1H3,(H,23,26). The molecule has 1 unspecified atom stereocenters. The molecule has 1 atom stereocenters. The first-order valence-corrected chi connectivity index (χ1v) is 10.4. The van der Waals surface area contributed by atoms with Crippen LogP contribution in [0.2, 0.25) is 4.34 Å². The second-order valence-electron chi connectivity index (χ2n) is 7.02. The first kappa shape index (κ1) is 19.7. The lowest BCUT2D eigenvalue weighted by Crippen LogP contribution is -2.44. The highest BCUT2D eigenvalue weighted by Gasteiger charge is 2.29.